The number of nitrogens with zero attached hydrogens (tertiary/aromatic N) is 1. The summed E-state index contributed by atoms with van der Waals surface area (Å²) in [5, 5.41) is 9.66. The Hall–Kier alpha value is -1.46. The molecule has 2 rings (SSSR count). The highest BCUT2D eigenvalue weighted by atomic mass is 35.5. The molecule has 0 spiro atoms. The van der Waals surface area contributed by atoms with Crippen LogP contribution >= 0.6 is 11.6 Å². The van der Waals surface area contributed by atoms with Crippen molar-refractivity contribution in [2.24, 2.45) is 10.7 Å². The van der Waals surface area contributed by atoms with E-state index in [2.05, 4.69) is 4.99 Å². The number of hydrogen-bond acceptors (Lipinski definition) is 3. The number of aliphatic imine (C=N–C) groups is 1. The van der Waals surface area contributed by atoms with Crippen molar-refractivity contribution in [2.75, 3.05) is 6.61 Å². The number of benzene rings is 1. The molecule has 0 bridgehead atoms. The highest BCUT2D eigenvalue weighted by Gasteiger charge is 2.37. The van der Waals surface area contributed by atoms with E-state index in [4.69, 9.17) is 22.4 Å². The van der Waals surface area contributed by atoms with Crippen molar-refractivity contribution >= 4 is 17.3 Å². The van der Waals surface area contributed by atoms with Gasteiger partial charge in [0.15, 0.2) is 0 Å². The standard InChI is InChI=1S/C15H17ClF2N2O.C2H6/c16-12-4-2-1-3-10(12)8-20-14-7-15(17,18)6-5-11(14)13(19)9-21;1-2/h1-4,21H,5-9,19H2;1-2H3/b13-11-,20-14?;. The zero-order valence-corrected chi connectivity index (χ0v) is 14.2. The van der Waals surface area contributed by atoms with Crippen molar-refractivity contribution in [1.82, 2.24) is 0 Å². The zero-order chi connectivity index (χ0) is 17.5. The maximum absolute atomic E-state index is 13.6. The van der Waals surface area contributed by atoms with Crippen LogP contribution in [-0.4, -0.2) is 23.3 Å². The van der Waals surface area contributed by atoms with E-state index in [-0.39, 0.29) is 37.4 Å². The number of nitrogens with two attached hydrogens (primary N) is 1. The Bertz CT molecular complexity index is 586. The molecule has 0 saturated heterocycles. The van der Waals surface area contributed by atoms with Gasteiger partial charge in [0.1, 0.15) is 0 Å². The normalized spacial score (nSPS) is 20.7. The lowest BCUT2D eigenvalue weighted by atomic mass is 9.88. The minimum atomic E-state index is -2.78. The van der Waals surface area contributed by atoms with E-state index in [1.165, 1.54) is 0 Å². The van der Waals surface area contributed by atoms with Gasteiger partial charge >= 0.3 is 0 Å². The summed E-state index contributed by atoms with van der Waals surface area (Å²) in [5.74, 6) is -2.78. The van der Waals surface area contributed by atoms with Crippen LogP contribution < -0.4 is 5.73 Å². The van der Waals surface area contributed by atoms with Gasteiger partial charge in [0, 0.05) is 22.9 Å². The summed E-state index contributed by atoms with van der Waals surface area (Å²) in [5.41, 5.74) is 7.48. The molecular formula is C17H23ClF2N2O. The molecule has 0 unspecified atom stereocenters. The van der Waals surface area contributed by atoms with E-state index in [9.17, 15) is 8.78 Å². The van der Waals surface area contributed by atoms with Crippen LogP contribution in [0.2, 0.25) is 5.02 Å². The molecule has 0 aliphatic heterocycles. The van der Waals surface area contributed by atoms with Crippen molar-refractivity contribution in [2.45, 2.75) is 45.6 Å². The van der Waals surface area contributed by atoms with Crippen LogP contribution in [0.1, 0.15) is 38.7 Å². The second kappa shape index (κ2) is 8.99. The highest BCUT2D eigenvalue weighted by Crippen LogP contribution is 2.35. The Labute approximate surface area is 140 Å². The van der Waals surface area contributed by atoms with Crippen LogP contribution in [0.4, 0.5) is 8.78 Å². The molecule has 3 nitrogen and oxygen atoms in total. The molecule has 1 fully saturated rings. The number of aliphatic hydroxyl groups is 1. The molecule has 0 amide bonds. The fourth-order valence-corrected chi connectivity index (χ4v) is 2.49. The molecule has 0 heterocycles. The van der Waals surface area contributed by atoms with Crippen molar-refractivity contribution in [1.29, 1.82) is 0 Å². The molecule has 6 heteroatoms. The fourth-order valence-electron chi connectivity index (χ4n) is 2.29. The van der Waals surface area contributed by atoms with E-state index in [0.717, 1.165) is 5.56 Å². The first-order chi connectivity index (χ1) is 10.9. The summed E-state index contributed by atoms with van der Waals surface area (Å²) >= 11 is 6.03. The molecule has 1 saturated carbocycles. The van der Waals surface area contributed by atoms with Gasteiger partial charge in [0.25, 0.3) is 5.92 Å². The Balaban J connectivity index is 0.00000127. The van der Waals surface area contributed by atoms with Gasteiger partial charge in [-0.05, 0) is 23.6 Å². The Morgan fingerprint density at radius 2 is 2.00 bits per heavy atom. The minimum absolute atomic E-state index is 0.126. The first-order valence-electron chi connectivity index (χ1n) is 7.66. The van der Waals surface area contributed by atoms with Crippen LogP contribution in [-0.2, 0) is 6.54 Å². The van der Waals surface area contributed by atoms with Gasteiger partial charge < -0.3 is 10.8 Å². The number of halogens is 3. The predicted molar refractivity (Wildman–Crippen MR) is 91.0 cm³/mol. The lowest BCUT2D eigenvalue weighted by Crippen LogP contribution is -2.30. The Morgan fingerprint density at radius 1 is 1.35 bits per heavy atom. The molecule has 0 atom stereocenters. The molecule has 1 aromatic carbocycles. The van der Waals surface area contributed by atoms with Gasteiger partial charge in [0.2, 0.25) is 0 Å². The van der Waals surface area contributed by atoms with E-state index in [1.807, 2.05) is 19.9 Å². The number of allylic oxidation sites excluding steroid dienone is 1. The van der Waals surface area contributed by atoms with Crippen molar-refractivity contribution < 1.29 is 13.9 Å². The summed E-state index contributed by atoms with van der Waals surface area (Å²) in [4.78, 5) is 4.26. The van der Waals surface area contributed by atoms with Gasteiger partial charge in [-0.3, -0.25) is 4.99 Å². The van der Waals surface area contributed by atoms with Gasteiger partial charge in [0.05, 0.1) is 19.6 Å². The summed E-state index contributed by atoms with van der Waals surface area (Å²) in [6.07, 6.45) is -0.595. The van der Waals surface area contributed by atoms with Gasteiger partial charge in [-0.2, -0.15) is 0 Å². The smallest absolute Gasteiger partial charge is 0.253 e. The Kier molecular flexibility index (Phi) is 7.65. The number of hydrogen-bond donors (Lipinski definition) is 2. The van der Waals surface area contributed by atoms with Crippen LogP contribution in [0.25, 0.3) is 0 Å². The monoisotopic (exact) mass is 344 g/mol. The summed E-state index contributed by atoms with van der Waals surface area (Å²) in [6.45, 7) is 3.86. The molecule has 3 N–H and O–H groups in total. The van der Waals surface area contributed by atoms with Crippen molar-refractivity contribution in [3.8, 4) is 0 Å². The molecule has 1 aliphatic carbocycles. The summed E-state index contributed by atoms with van der Waals surface area (Å²) < 4.78 is 27.1. The lowest BCUT2D eigenvalue weighted by Gasteiger charge is -2.26. The molecule has 1 aromatic rings. The SMILES string of the molecule is CC.N/C(CO)=C1/CCC(F)(F)CC1=NCc1ccccc1Cl. The van der Waals surface area contributed by atoms with Crippen molar-refractivity contribution in [3.63, 3.8) is 0 Å². The molecular weight excluding hydrogens is 322 g/mol. The van der Waals surface area contributed by atoms with E-state index in [0.29, 0.717) is 10.6 Å². The zero-order valence-electron chi connectivity index (χ0n) is 13.5. The number of rotatable bonds is 3. The maximum Gasteiger partial charge on any atom is 0.253 e. The van der Waals surface area contributed by atoms with Crippen LogP contribution in [0.5, 0.6) is 0 Å². The first kappa shape index (κ1) is 19.6. The Morgan fingerprint density at radius 3 is 2.61 bits per heavy atom. The third kappa shape index (κ3) is 5.59. The highest BCUT2D eigenvalue weighted by molar-refractivity contribution is 6.31. The van der Waals surface area contributed by atoms with Gasteiger partial charge in [-0.15, -0.1) is 0 Å². The predicted octanol–water partition coefficient (Wildman–Crippen LogP) is 4.33. The van der Waals surface area contributed by atoms with Gasteiger partial charge in [-0.25, -0.2) is 8.78 Å². The largest absolute Gasteiger partial charge is 0.400 e. The summed E-state index contributed by atoms with van der Waals surface area (Å²) in [7, 11) is 0. The van der Waals surface area contributed by atoms with Crippen LogP contribution in [0.15, 0.2) is 40.5 Å². The third-order valence-corrected chi connectivity index (χ3v) is 3.84. The summed E-state index contributed by atoms with van der Waals surface area (Å²) in [6, 6.07) is 7.13. The molecule has 128 valence electrons. The maximum atomic E-state index is 13.6. The molecule has 0 radical (unpaired) electrons. The topological polar surface area (TPSA) is 58.6 Å². The molecule has 1 aliphatic rings. The molecule has 23 heavy (non-hydrogen) atoms. The number of alkyl halides is 2. The average molecular weight is 345 g/mol. The first-order valence-corrected chi connectivity index (χ1v) is 8.04. The quantitative estimate of drug-likeness (QED) is 0.857. The van der Waals surface area contributed by atoms with Crippen molar-refractivity contribution in [3.05, 3.63) is 46.1 Å². The van der Waals surface area contributed by atoms with E-state index in [1.54, 1.807) is 18.2 Å². The molecule has 0 aromatic heterocycles. The van der Waals surface area contributed by atoms with E-state index < -0.39 is 12.3 Å². The fraction of sp³-hybridized carbons (Fsp3) is 0.471. The second-order valence-corrected chi connectivity index (χ2v) is 5.46. The average Bonchev–Trinajstić information content (AvgIpc) is 2.54. The number of aliphatic hydroxyl groups excluding tert-OH is 1. The second-order valence-electron chi connectivity index (χ2n) is 5.05. The lowest BCUT2D eigenvalue weighted by molar-refractivity contribution is -0.00354. The van der Waals surface area contributed by atoms with Crippen LogP contribution in [0.3, 0.4) is 0 Å². The minimum Gasteiger partial charge on any atom is -0.400 e. The van der Waals surface area contributed by atoms with Gasteiger partial charge in [-0.1, -0.05) is 43.6 Å². The van der Waals surface area contributed by atoms with E-state index >= 15 is 0 Å². The van der Waals surface area contributed by atoms with Crippen LogP contribution in [0, 0.1) is 0 Å². The third-order valence-electron chi connectivity index (χ3n) is 3.47.